The average Bonchev–Trinajstić information content (AvgIpc) is 2.88. The zero-order valence-electron chi connectivity index (χ0n) is 24.8. The molecular formula is C35H47O2P. The standard InChI is InChI=1S/C35H47O2P/c1-9-11-15-20-35(10-2,38-32-19-18-25(3)21-30(32)27(5)36)31-23-29(34(6,7)8)22-26(4)33(31)37-24-28-16-13-12-14-17-28/h12-14,16-19,21-23,38H,9-11,15,20,24H2,1-8H3. The molecule has 0 heterocycles. The minimum Gasteiger partial charge on any atom is -0.488 e. The SMILES string of the molecule is CCCCCC(CC)(Pc1ccc(C)cc1C(C)=O)c1cc(C(C)(C)C)cc(C)c1OCc1ccccc1. The summed E-state index contributed by atoms with van der Waals surface area (Å²) in [7, 11) is 0.485. The number of carbonyl (C=O) groups is 1. The van der Waals surface area contributed by atoms with Crippen LogP contribution >= 0.6 is 8.58 Å². The lowest BCUT2D eigenvalue weighted by atomic mass is 9.80. The molecule has 204 valence electrons. The Morgan fingerprint density at radius 3 is 2.24 bits per heavy atom. The smallest absolute Gasteiger partial charge is 0.160 e. The lowest BCUT2D eigenvalue weighted by Crippen LogP contribution is -2.27. The van der Waals surface area contributed by atoms with Gasteiger partial charge < -0.3 is 4.74 Å². The van der Waals surface area contributed by atoms with Crippen molar-refractivity contribution in [1.29, 1.82) is 0 Å². The predicted molar refractivity (Wildman–Crippen MR) is 166 cm³/mol. The van der Waals surface area contributed by atoms with E-state index in [2.05, 4.69) is 103 Å². The molecule has 3 heteroatoms. The quantitative estimate of drug-likeness (QED) is 0.132. The third-order valence-corrected chi connectivity index (χ3v) is 9.68. The molecule has 0 fully saturated rings. The van der Waals surface area contributed by atoms with Gasteiger partial charge in [0.25, 0.3) is 0 Å². The molecule has 3 rings (SSSR count). The van der Waals surface area contributed by atoms with Gasteiger partial charge in [-0.2, -0.15) is 0 Å². The van der Waals surface area contributed by atoms with E-state index in [-0.39, 0.29) is 16.4 Å². The summed E-state index contributed by atoms with van der Waals surface area (Å²) in [5, 5.41) is 1.07. The Bertz CT molecular complexity index is 1220. The minimum absolute atomic E-state index is 0.0257. The summed E-state index contributed by atoms with van der Waals surface area (Å²) < 4.78 is 6.71. The molecule has 2 nitrogen and oxygen atoms in total. The first-order valence-electron chi connectivity index (χ1n) is 14.2. The molecule has 0 saturated carbocycles. The highest BCUT2D eigenvalue weighted by molar-refractivity contribution is 7.48. The maximum atomic E-state index is 12.7. The number of carbonyl (C=O) groups excluding carboxylic acids is 1. The summed E-state index contributed by atoms with van der Waals surface area (Å²) in [6.07, 6.45) is 5.63. The van der Waals surface area contributed by atoms with E-state index in [1.165, 1.54) is 40.4 Å². The van der Waals surface area contributed by atoms with Crippen molar-refractivity contribution in [1.82, 2.24) is 0 Å². The number of rotatable bonds is 12. The Kier molecular flexibility index (Phi) is 10.4. The molecule has 0 spiro atoms. The molecule has 0 saturated heterocycles. The fourth-order valence-corrected chi connectivity index (χ4v) is 7.06. The van der Waals surface area contributed by atoms with Crippen molar-refractivity contribution in [3.8, 4) is 5.75 Å². The normalized spacial score (nSPS) is 13.6. The Morgan fingerprint density at radius 1 is 0.921 bits per heavy atom. The zero-order chi connectivity index (χ0) is 27.9. The van der Waals surface area contributed by atoms with Crippen LogP contribution in [0.25, 0.3) is 0 Å². The van der Waals surface area contributed by atoms with E-state index in [4.69, 9.17) is 4.74 Å². The number of aryl methyl sites for hydroxylation is 2. The van der Waals surface area contributed by atoms with E-state index in [9.17, 15) is 4.79 Å². The molecule has 0 radical (unpaired) electrons. The van der Waals surface area contributed by atoms with Gasteiger partial charge in [-0.05, 0) is 67.1 Å². The summed E-state index contributed by atoms with van der Waals surface area (Å²) >= 11 is 0. The molecule has 0 aliphatic heterocycles. The highest BCUT2D eigenvalue weighted by Crippen LogP contribution is 2.53. The fraction of sp³-hybridized carbons (Fsp3) is 0.457. The zero-order valence-corrected chi connectivity index (χ0v) is 25.8. The number of unbranched alkanes of at least 4 members (excludes halogenated alkanes) is 2. The first-order valence-corrected chi connectivity index (χ1v) is 15.2. The van der Waals surface area contributed by atoms with Gasteiger partial charge in [0.1, 0.15) is 12.4 Å². The molecular weight excluding hydrogens is 483 g/mol. The molecule has 0 amide bonds. The molecule has 0 aliphatic carbocycles. The van der Waals surface area contributed by atoms with Gasteiger partial charge >= 0.3 is 0 Å². The van der Waals surface area contributed by atoms with E-state index in [1.54, 1.807) is 6.92 Å². The van der Waals surface area contributed by atoms with Gasteiger partial charge in [0.05, 0.1) is 0 Å². The van der Waals surface area contributed by atoms with Gasteiger partial charge in [-0.15, -0.1) is 0 Å². The van der Waals surface area contributed by atoms with E-state index in [0.717, 1.165) is 36.1 Å². The lowest BCUT2D eigenvalue weighted by Gasteiger charge is -2.37. The topological polar surface area (TPSA) is 26.3 Å². The predicted octanol–water partition coefficient (Wildman–Crippen LogP) is 9.57. The third-order valence-electron chi connectivity index (χ3n) is 7.62. The second-order valence-corrected chi connectivity index (χ2v) is 13.6. The molecule has 2 atom stereocenters. The summed E-state index contributed by atoms with van der Waals surface area (Å²) in [4.78, 5) is 12.7. The Labute approximate surface area is 233 Å². The first kappa shape index (κ1) is 30.1. The van der Waals surface area contributed by atoms with Crippen LogP contribution in [0.1, 0.15) is 112 Å². The number of benzene rings is 3. The Balaban J connectivity index is 2.22. The van der Waals surface area contributed by atoms with Crippen LogP contribution in [-0.4, -0.2) is 5.78 Å². The fourth-order valence-electron chi connectivity index (χ4n) is 5.20. The summed E-state index contributed by atoms with van der Waals surface area (Å²) in [6.45, 7) is 18.0. The van der Waals surface area contributed by atoms with E-state index in [0.29, 0.717) is 15.2 Å². The molecule has 38 heavy (non-hydrogen) atoms. The number of ketones is 1. The van der Waals surface area contributed by atoms with Gasteiger partial charge in [0, 0.05) is 16.3 Å². The van der Waals surface area contributed by atoms with Crippen molar-refractivity contribution in [2.75, 3.05) is 0 Å². The largest absolute Gasteiger partial charge is 0.488 e. The van der Waals surface area contributed by atoms with Crippen LogP contribution in [0.2, 0.25) is 0 Å². The van der Waals surface area contributed by atoms with Gasteiger partial charge in [-0.25, -0.2) is 0 Å². The van der Waals surface area contributed by atoms with Crippen LogP contribution in [-0.2, 0) is 17.2 Å². The van der Waals surface area contributed by atoms with E-state index >= 15 is 0 Å². The molecule has 0 aliphatic rings. The summed E-state index contributed by atoms with van der Waals surface area (Å²) in [5.41, 5.74) is 7.04. The van der Waals surface area contributed by atoms with Gasteiger partial charge in [-0.3, -0.25) is 4.79 Å². The Morgan fingerprint density at radius 2 is 1.63 bits per heavy atom. The lowest BCUT2D eigenvalue weighted by molar-refractivity contribution is 0.101. The van der Waals surface area contributed by atoms with Crippen LogP contribution < -0.4 is 10.0 Å². The van der Waals surface area contributed by atoms with Crippen molar-refractivity contribution >= 4 is 19.7 Å². The van der Waals surface area contributed by atoms with Crippen molar-refractivity contribution < 1.29 is 9.53 Å². The molecule has 0 bridgehead atoms. The molecule has 0 N–H and O–H groups in total. The molecule has 3 aromatic carbocycles. The second kappa shape index (κ2) is 13.1. The monoisotopic (exact) mass is 530 g/mol. The number of hydrogen-bond donors (Lipinski definition) is 0. The highest BCUT2D eigenvalue weighted by Gasteiger charge is 2.36. The van der Waals surface area contributed by atoms with E-state index < -0.39 is 0 Å². The van der Waals surface area contributed by atoms with Crippen LogP contribution in [0.15, 0.2) is 60.7 Å². The van der Waals surface area contributed by atoms with Crippen LogP contribution in [0, 0.1) is 13.8 Å². The third kappa shape index (κ3) is 7.35. The highest BCUT2D eigenvalue weighted by atomic mass is 31.1. The average molecular weight is 531 g/mol. The second-order valence-electron chi connectivity index (χ2n) is 11.8. The van der Waals surface area contributed by atoms with Crippen molar-refractivity contribution in [3.05, 3.63) is 94.0 Å². The maximum Gasteiger partial charge on any atom is 0.160 e. The molecule has 0 aromatic heterocycles. The van der Waals surface area contributed by atoms with Gasteiger partial charge in [0.2, 0.25) is 0 Å². The number of hydrogen-bond acceptors (Lipinski definition) is 2. The summed E-state index contributed by atoms with van der Waals surface area (Å²) in [5.74, 6) is 1.17. The summed E-state index contributed by atoms with van der Waals surface area (Å²) in [6, 6.07) is 21.6. The van der Waals surface area contributed by atoms with Crippen molar-refractivity contribution in [2.24, 2.45) is 0 Å². The maximum absolute atomic E-state index is 12.7. The molecule has 2 unspecified atom stereocenters. The van der Waals surface area contributed by atoms with Crippen LogP contribution in [0.4, 0.5) is 0 Å². The van der Waals surface area contributed by atoms with Crippen molar-refractivity contribution in [2.45, 2.75) is 105 Å². The minimum atomic E-state index is -0.104. The van der Waals surface area contributed by atoms with Gasteiger partial charge in [-0.1, -0.05) is 123 Å². The number of ether oxygens (including phenoxy) is 1. The first-order chi connectivity index (χ1) is 18.0. The Hall–Kier alpha value is -2.44. The number of Topliss-reactive ketones (excluding diaryl/α,β-unsaturated/α-hetero) is 1. The van der Waals surface area contributed by atoms with E-state index in [1.807, 2.05) is 6.07 Å². The van der Waals surface area contributed by atoms with Crippen LogP contribution in [0.3, 0.4) is 0 Å². The van der Waals surface area contributed by atoms with Crippen molar-refractivity contribution in [3.63, 3.8) is 0 Å². The van der Waals surface area contributed by atoms with Gasteiger partial charge in [0.15, 0.2) is 5.78 Å². The van der Waals surface area contributed by atoms with Crippen LogP contribution in [0.5, 0.6) is 5.75 Å². The molecule has 3 aromatic rings.